The van der Waals surface area contributed by atoms with Gasteiger partial charge in [-0.3, -0.25) is 19.2 Å². The molecule has 0 saturated carbocycles. The number of benzene rings is 1. The predicted octanol–water partition coefficient (Wildman–Crippen LogP) is 2.51. The minimum atomic E-state index is -0.513. The molecule has 1 aromatic carbocycles. The van der Waals surface area contributed by atoms with E-state index in [1.165, 1.54) is 9.80 Å². The van der Waals surface area contributed by atoms with E-state index in [1.807, 2.05) is 0 Å². The molecule has 178 valence electrons. The summed E-state index contributed by atoms with van der Waals surface area (Å²) in [6.45, 7) is 0. The van der Waals surface area contributed by atoms with Crippen LogP contribution in [0, 0.1) is 23.7 Å². The zero-order valence-corrected chi connectivity index (χ0v) is 23.4. The quantitative estimate of drug-likeness (QED) is 0.344. The summed E-state index contributed by atoms with van der Waals surface area (Å²) < 4.78 is 11.8. The van der Waals surface area contributed by atoms with E-state index in [-0.39, 0.29) is 67.4 Å². The second-order valence-electron chi connectivity index (χ2n) is 9.55. The number of nitrogens with zero attached hydrogens (tertiary/aromatic N) is 2. The first-order valence-electron chi connectivity index (χ1n) is 10.9. The largest absolute Gasteiger partial charge is 0.371 e. The molecule has 4 bridgehead atoms. The number of rotatable bonds is 2. The molecule has 34 heavy (non-hydrogen) atoms. The van der Waals surface area contributed by atoms with Gasteiger partial charge >= 0.3 is 0 Å². The molecule has 7 rings (SSSR count). The highest BCUT2D eigenvalue weighted by molar-refractivity contribution is 9.12. The summed E-state index contributed by atoms with van der Waals surface area (Å²) in [6.07, 6.45) is -1.41. The Morgan fingerprint density at radius 3 is 0.971 bits per heavy atom. The molecule has 0 radical (unpaired) electrons. The van der Waals surface area contributed by atoms with Crippen molar-refractivity contribution in [2.45, 2.75) is 43.7 Å². The minimum absolute atomic E-state index is 0.0398. The Labute approximate surface area is 227 Å². The van der Waals surface area contributed by atoms with Crippen molar-refractivity contribution in [1.29, 1.82) is 0 Å². The van der Waals surface area contributed by atoms with Crippen molar-refractivity contribution in [3.8, 4) is 0 Å². The first kappa shape index (κ1) is 22.5. The summed E-state index contributed by atoms with van der Waals surface area (Å²) in [6, 6.07) is 6.47. The van der Waals surface area contributed by atoms with Crippen molar-refractivity contribution in [2.75, 3.05) is 9.80 Å². The molecule has 0 aromatic heterocycles. The van der Waals surface area contributed by atoms with Crippen LogP contribution in [0.25, 0.3) is 0 Å². The lowest BCUT2D eigenvalue weighted by atomic mass is 9.81. The summed E-state index contributed by atoms with van der Waals surface area (Å²) in [5.41, 5.74) is 0.849. The second-order valence-corrected chi connectivity index (χ2v) is 13.8. The number of anilines is 2. The van der Waals surface area contributed by atoms with Gasteiger partial charge in [0.2, 0.25) is 23.6 Å². The number of ether oxygens (including phenoxy) is 2. The van der Waals surface area contributed by atoms with Crippen molar-refractivity contribution in [3.05, 3.63) is 24.3 Å². The number of alkyl halides is 4. The monoisotopic (exact) mass is 720 g/mol. The molecule has 6 heterocycles. The van der Waals surface area contributed by atoms with Gasteiger partial charge in [0.1, 0.15) is 0 Å². The van der Waals surface area contributed by atoms with E-state index >= 15 is 0 Å². The van der Waals surface area contributed by atoms with E-state index in [4.69, 9.17) is 9.47 Å². The Kier molecular flexibility index (Phi) is 4.93. The highest BCUT2D eigenvalue weighted by atomic mass is 79.9. The fourth-order valence-corrected chi connectivity index (χ4v) is 9.60. The van der Waals surface area contributed by atoms with E-state index < -0.39 is 23.7 Å². The van der Waals surface area contributed by atoms with Gasteiger partial charge < -0.3 is 9.47 Å². The molecule has 0 aliphatic carbocycles. The number of carbonyl (C=O) groups is 4. The first-order valence-corrected chi connectivity index (χ1v) is 14.6. The third kappa shape index (κ3) is 2.60. The van der Waals surface area contributed by atoms with Crippen LogP contribution in [0.5, 0.6) is 0 Å². The minimum Gasteiger partial charge on any atom is -0.371 e. The van der Waals surface area contributed by atoms with Gasteiger partial charge in [-0.2, -0.15) is 0 Å². The van der Waals surface area contributed by atoms with Gasteiger partial charge in [-0.25, -0.2) is 9.80 Å². The van der Waals surface area contributed by atoms with E-state index in [1.54, 1.807) is 24.3 Å². The number of fused-ring (bicyclic) bond motifs is 10. The maximum Gasteiger partial charge on any atom is 0.240 e. The predicted molar refractivity (Wildman–Crippen MR) is 134 cm³/mol. The van der Waals surface area contributed by atoms with Gasteiger partial charge in [0.15, 0.2) is 0 Å². The molecular formula is C22H16Br4N2O6. The number of imide groups is 2. The van der Waals surface area contributed by atoms with E-state index in [2.05, 4.69) is 63.7 Å². The van der Waals surface area contributed by atoms with Gasteiger partial charge in [-0.15, -0.1) is 0 Å². The third-order valence-electron chi connectivity index (χ3n) is 8.07. The Morgan fingerprint density at radius 1 is 0.500 bits per heavy atom. The van der Waals surface area contributed by atoms with Crippen LogP contribution in [0.3, 0.4) is 0 Å². The van der Waals surface area contributed by atoms with Gasteiger partial charge in [0, 0.05) is 0 Å². The average Bonchev–Trinajstić information content (AvgIpc) is 3.61. The molecule has 6 aliphatic rings. The molecule has 8 nitrogen and oxygen atoms in total. The van der Waals surface area contributed by atoms with Gasteiger partial charge in [-0.05, 0) is 24.3 Å². The van der Waals surface area contributed by atoms with Crippen LogP contribution in [-0.4, -0.2) is 67.4 Å². The van der Waals surface area contributed by atoms with Gasteiger partial charge in [0.25, 0.3) is 0 Å². The lowest BCUT2D eigenvalue weighted by Gasteiger charge is -2.24. The number of carbonyl (C=O) groups excluding carboxylic acids is 4. The molecule has 1 aromatic rings. The summed E-state index contributed by atoms with van der Waals surface area (Å²) in [5.74, 6) is -3.15. The molecule has 0 N–H and O–H groups in total. The smallest absolute Gasteiger partial charge is 0.240 e. The Bertz CT molecular complexity index is 1010. The maximum atomic E-state index is 13.2. The highest BCUT2D eigenvalue weighted by Gasteiger charge is 2.69. The Morgan fingerprint density at radius 2 is 0.735 bits per heavy atom. The van der Waals surface area contributed by atoms with Crippen LogP contribution in [0.4, 0.5) is 11.4 Å². The van der Waals surface area contributed by atoms with Crippen LogP contribution in [-0.2, 0) is 28.7 Å². The van der Waals surface area contributed by atoms with E-state index in [0.29, 0.717) is 11.4 Å². The van der Waals surface area contributed by atoms with Crippen molar-refractivity contribution in [3.63, 3.8) is 0 Å². The van der Waals surface area contributed by atoms with Crippen LogP contribution in [0.15, 0.2) is 24.3 Å². The number of amides is 4. The fourth-order valence-electron chi connectivity index (χ4n) is 6.59. The second kappa shape index (κ2) is 7.44. The van der Waals surface area contributed by atoms with Crippen molar-refractivity contribution in [1.82, 2.24) is 0 Å². The molecular weight excluding hydrogens is 708 g/mol. The molecule has 12 unspecified atom stereocenters. The zero-order chi connectivity index (χ0) is 23.8. The summed E-state index contributed by atoms with van der Waals surface area (Å²) in [4.78, 5) is 55.1. The lowest BCUT2D eigenvalue weighted by molar-refractivity contribution is -0.126. The average molecular weight is 724 g/mol. The summed E-state index contributed by atoms with van der Waals surface area (Å²) in [7, 11) is 0. The zero-order valence-electron chi connectivity index (χ0n) is 17.1. The van der Waals surface area contributed by atoms with E-state index in [0.717, 1.165) is 0 Å². The molecule has 6 saturated heterocycles. The van der Waals surface area contributed by atoms with Crippen molar-refractivity contribution in [2.24, 2.45) is 23.7 Å². The maximum absolute atomic E-state index is 13.2. The normalized spacial score (nSPS) is 48.5. The highest BCUT2D eigenvalue weighted by Crippen LogP contribution is 2.55. The number of hydrogen-bond acceptors (Lipinski definition) is 6. The van der Waals surface area contributed by atoms with Crippen LogP contribution < -0.4 is 9.80 Å². The molecule has 6 aliphatic heterocycles. The molecule has 0 spiro atoms. The van der Waals surface area contributed by atoms with Crippen LogP contribution in [0.1, 0.15) is 0 Å². The SMILES string of the molecule is O=C1C2C3OC(C(Br)C3Br)C2C(=O)N1c1ccc(N2C(=O)C3C4OC(C(Br)C4Br)C3C2=O)cc1. The Balaban J connectivity index is 1.16. The number of halogens is 4. The molecule has 12 atom stereocenters. The van der Waals surface area contributed by atoms with Crippen LogP contribution >= 0.6 is 63.7 Å². The molecule has 6 fully saturated rings. The summed E-state index contributed by atoms with van der Waals surface area (Å²) in [5, 5.41) is 0. The standard InChI is InChI=1S/C22H16Br4N2O6/c23-11-12(24)16-8-7(15(11)33-16)19(29)27(20(8)30)5-1-2-6(4-3-5)28-21(31)9-10(22(28)32)18-14(26)13(25)17(9)34-18/h1-4,7-18H. The third-order valence-corrected chi connectivity index (χ3v) is 13.9. The van der Waals surface area contributed by atoms with Gasteiger partial charge in [-0.1, -0.05) is 63.7 Å². The van der Waals surface area contributed by atoms with Crippen LogP contribution in [0.2, 0.25) is 0 Å². The van der Waals surface area contributed by atoms with E-state index in [9.17, 15) is 19.2 Å². The fraction of sp³-hybridized carbons (Fsp3) is 0.545. The van der Waals surface area contributed by atoms with Crippen molar-refractivity contribution < 1.29 is 28.7 Å². The van der Waals surface area contributed by atoms with Gasteiger partial charge in [0.05, 0.1) is 78.8 Å². The first-order chi connectivity index (χ1) is 16.2. The molecule has 12 heteroatoms. The Hall–Kier alpha value is -0.660. The van der Waals surface area contributed by atoms with Crippen molar-refractivity contribution >= 4 is 98.7 Å². The topological polar surface area (TPSA) is 93.2 Å². The molecule has 4 amide bonds. The lowest BCUT2D eigenvalue weighted by Crippen LogP contribution is -2.42. The summed E-state index contributed by atoms with van der Waals surface area (Å²) >= 11 is 14.3. The number of hydrogen-bond donors (Lipinski definition) is 0.